The molecule has 0 radical (unpaired) electrons. The van der Waals surface area contributed by atoms with Crippen LogP contribution in [0.25, 0.3) is 0 Å². The molecule has 102 valence electrons. The van der Waals surface area contributed by atoms with Crippen LogP contribution in [-0.2, 0) is 0 Å². The standard InChI is InChI=1S/C16H26O2/c1-3-5-7-11-15(17)13-9-10-14-16(18)12-8-6-4-2/h15-18H,3-8,11-12H2,1-2H3/t15-,16-/m0/s1. The second-order valence-electron chi connectivity index (χ2n) is 4.56. The first-order valence-corrected chi connectivity index (χ1v) is 7.07. The van der Waals surface area contributed by atoms with E-state index >= 15 is 0 Å². The normalized spacial score (nSPS) is 12.9. The molecule has 18 heavy (non-hydrogen) atoms. The van der Waals surface area contributed by atoms with Crippen LogP contribution in [0, 0.1) is 23.7 Å². The van der Waals surface area contributed by atoms with Gasteiger partial charge in [-0.05, 0) is 37.5 Å². The van der Waals surface area contributed by atoms with E-state index in [1.165, 1.54) is 0 Å². The molecule has 0 saturated carbocycles. The molecule has 0 aliphatic rings. The molecule has 0 aliphatic carbocycles. The molecule has 0 rings (SSSR count). The van der Waals surface area contributed by atoms with Gasteiger partial charge in [-0.25, -0.2) is 0 Å². The first kappa shape index (κ1) is 17.0. The van der Waals surface area contributed by atoms with E-state index in [1.807, 2.05) is 0 Å². The van der Waals surface area contributed by atoms with Gasteiger partial charge in [0.15, 0.2) is 0 Å². The Balaban J connectivity index is 3.79. The molecule has 0 aromatic heterocycles. The topological polar surface area (TPSA) is 40.5 Å². The highest BCUT2D eigenvalue weighted by Gasteiger charge is 1.98. The number of aliphatic hydroxyl groups excluding tert-OH is 2. The molecule has 2 N–H and O–H groups in total. The molecule has 2 heteroatoms. The van der Waals surface area contributed by atoms with Gasteiger partial charge in [-0.3, -0.25) is 0 Å². The average Bonchev–Trinajstić information content (AvgIpc) is 2.35. The van der Waals surface area contributed by atoms with Crippen molar-refractivity contribution < 1.29 is 10.2 Å². The van der Waals surface area contributed by atoms with E-state index in [0.29, 0.717) is 12.8 Å². The summed E-state index contributed by atoms with van der Waals surface area (Å²) in [6, 6.07) is 0. The molecule has 0 bridgehead atoms. The molecule has 0 unspecified atom stereocenters. The van der Waals surface area contributed by atoms with E-state index < -0.39 is 12.2 Å². The fourth-order valence-electron chi connectivity index (χ4n) is 1.56. The minimum atomic E-state index is -0.580. The predicted molar refractivity (Wildman–Crippen MR) is 75.8 cm³/mol. The molecule has 2 nitrogen and oxygen atoms in total. The molecule has 0 aromatic carbocycles. The Morgan fingerprint density at radius 2 is 1.11 bits per heavy atom. The van der Waals surface area contributed by atoms with E-state index in [-0.39, 0.29) is 0 Å². The summed E-state index contributed by atoms with van der Waals surface area (Å²) in [7, 11) is 0. The summed E-state index contributed by atoms with van der Waals surface area (Å²) in [6.45, 7) is 4.26. The van der Waals surface area contributed by atoms with Crippen molar-refractivity contribution in [2.75, 3.05) is 0 Å². The highest BCUT2D eigenvalue weighted by atomic mass is 16.3. The van der Waals surface area contributed by atoms with Crippen molar-refractivity contribution in [1.29, 1.82) is 0 Å². The van der Waals surface area contributed by atoms with Gasteiger partial charge in [-0.1, -0.05) is 51.4 Å². The Hall–Kier alpha value is -0.960. The minimum absolute atomic E-state index is 0.580. The van der Waals surface area contributed by atoms with Crippen LogP contribution in [0.1, 0.15) is 65.2 Å². The van der Waals surface area contributed by atoms with Crippen LogP contribution in [0.2, 0.25) is 0 Å². The Bertz CT molecular complexity index is 269. The maximum atomic E-state index is 9.51. The zero-order valence-corrected chi connectivity index (χ0v) is 11.7. The smallest absolute Gasteiger partial charge is 0.115 e. The molecule has 0 heterocycles. The van der Waals surface area contributed by atoms with Gasteiger partial charge in [0.1, 0.15) is 12.2 Å². The third kappa shape index (κ3) is 11.5. The van der Waals surface area contributed by atoms with E-state index in [0.717, 1.165) is 38.5 Å². The number of unbranched alkanes of at least 4 members (excludes halogenated alkanes) is 4. The van der Waals surface area contributed by atoms with Crippen LogP contribution in [-0.4, -0.2) is 22.4 Å². The van der Waals surface area contributed by atoms with Gasteiger partial charge in [0.25, 0.3) is 0 Å². The summed E-state index contributed by atoms with van der Waals surface area (Å²) in [4.78, 5) is 0. The maximum absolute atomic E-state index is 9.51. The summed E-state index contributed by atoms with van der Waals surface area (Å²) in [5.41, 5.74) is 0. The SMILES string of the molecule is CCCCC[C@H](O)C#CC#C[C@@H](O)CCCCC. The number of aliphatic hydroxyl groups is 2. The van der Waals surface area contributed by atoms with Gasteiger partial charge < -0.3 is 10.2 Å². The highest BCUT2D eigenvalue weighted by molar-refractivity contribution is 5.28. The molecular weight excluding hydrogens is 224 g/mol. The van der Waals surface area contributed by atoms with Crippen LogP contribution in [0.5, 0.6) is 0 Å². The molecule has 0 amide bonds. The van der Waals surface area contributed by atoms with Crippen molar-refractivity contribution in [3.8, 4) is 23.7 Å². The summed E-state index contributed by atoms with van der Waals surface area (Å²) >= 11 is 0. The Labute approximate surface area is 112 Å². The largest absolute Gasteiger partial charge is 0.380 e. The second kappa shape index (κ2) is 12.5. The van der Waals surface area contributed by atoms with Gasteiger partial charge in [0.05, 0.1) is 0 Å². The van der Waals surface area contributed by atoms with Gasteiger partial charge in [-0.15, -0.1) is 0 Å². The lowest BCUT2D eigenvalue weighted by atomic mass is 10.1. The fourth-order valence-corrected chi connectivity index (χ4v) is 1.56. The lowest BCUT2D eigenvalue weighted by Gasteiger charge is -2.01. The molecule has 0 aromatic rings. The zero-order chi connectivity index (χ0) is 13.6. The van der Waals surface area contributed by atoms with Gasteiger partial charge in [0.2, 0.25) is 0 Å². The third-order valence-corrected chi connectivity index (χ3v) is 2.70. The van der Waals surface area contributed by atoms with Crippen molar-refractivity contribution in [1.82, 2.24) is 0 Å². The number of rotatable bonds is 8. The van der Waals surface area contributed by atoms with Gasteiger partial charge in [-0.2, -0.15) is 0 Å². The first-order valence-electron chi connectivity index (χ1n) is 7.07. The van der Waals surface area contributed by atoms with Crippen LogP contribution in [0.15, 0.2) is 0 Å². The molecule has 0 spiro atoms. The van der Waals surface area contributed by atoms with Gasteiger partial charge >= 0.3 is 0 Å². The van der Waals surface area contributed by atoms with Crippen LogP contribution in [0.4, 0.5) is 0 Å². The Morgan fingerprint density at radius 1 is 0.722 bits per heavy atom. The van der Waals surface area contributed by atoms with Crippen molar-refractivity contribution in [3.05, 3.63) is 0 Å². The molecule has 0 aliphatic heterocycles. The lowest BCUT2D eigenvalue weighted by molar-refractivity contribution is 0.217. The van der Waals surface area contributed by atoms with Crippen LogP contribution < -0.4 is 0 Å². The van der Waals surface area contributed by atoms with E-state index in [1.54, 1.807) is 0 Å². The average molecular weight is 250 g/mol. The highest BCUT2D eigenvalue weighted by Crippen LogP contribution is 2.02. The predicted octanol–water partition coefficient (Wildman–Crippen LogP) is 2.88. The van der Waals surface area contributed by atoms with Crippen molar-refractivity contribution in [2.45, 2.75) is 77.4 Å². The van der Waals surface area contributed by atoms with Crippen LogP contribution in [0.3, 0.4) is 0 Å². The minimum Gasteiger partial charge on any atom is -0.380 e. The van der Waals surface area contributed by atoms with Crippen molar-refractivity contribution in [3.63, 3.8) is 0 Å². The summed E-state index contributed by atoms with van der Waals surface area (Å²) in [5, 5.41) is 19.0. The molecule has 2 atom stereocenters. The van der Waals surface area contributed by atoms with Crippen molar-refractivity contribution in [2.24, 2.45) is 0 Å². The Morgan fingerprint density at radius 3 is 1.44 bits per heavy atom. The second-order valence-corrected chi connectivity index (χ2v) is 4.56. The fraction of sp³-hybridized carbons (Fsp3) is 0.750. The monoisotopic (exact) mass is 250 g/mol. The molecule has 0 saturated heterocycles. The van der Waals surface area contributed by atoms with E-state index in [2.05, 4.69) is 37.5 Å². The number of hydrogen-bond acceptors (Lipinski definition) is 2. The quantitative estimate of drug-likeness (QED) is 0.514. The Kier molecular flexibility index (Phi) is 11.8. The summed E-state index contributed by atoms with van der Waals surface area (Å²) in [5.74, 6) is 10.6. The molecule has 0 fully saturated rings. The maximum Gasteiger partial charge on any atom is 0.115 e. The van der Waals surface area contributed by atoms with Crippen molar-refractivity contribution >= 4 is 0 Å². The third-order valence-electron chi connectivity index (χ3n) is 2.70. The van der Waals surface area contributed by atoms with Gasteiger partial charge in [0, 0.05) is 0 Å². The number of hydrogen-bond donors (Lipinski definition) is 2. The summed E-state index contributed by atoms with van der Waals surface area (Å²) in [6.07, 6.45) is 6.79. The zero-order valence-electron chi connectivity index (χ0n) is 11.7. The first-order chi connectivity index (χ1) is 8.70. The molecular formula is C16H26O2. The van der Waals surface area contributed by atoms with Crippen LogP contribution >= 0.6 is 0 Å². The van der Waals surface area contributed by atoms with E-state index in [4.69, 9.17) is 0 Å². The van der Waals surface area contributed by atoms with E-state index in [9.17, 15) is 10.2 Å². The summed E-state index contributed by atoms with van der Waals surface area (Å²) < 4.78 is 0. The lowest BCUT2D eigenvalue weighted by Crippen LogP contribution is -2.02.